The van der Waals surface area contributed by atoms with Crippen LogP contribution in [0.2, 0.25) is 5.02 Å². The predicted molar refractivity (Wildman–Crippen MR) is 101 cm³/mol. The summed E-state index contributed by atoms with van der Waals surface area (Å²) in [5.41, 5.74) is 0.820. The maximum Gasteiger partial charge on any atom is 0.344 e. The Balaban J connectivity index is 1.65. The van der Waals surface area contributed by atoms with Crippen LogP contribution in [0.15, 0.2) is 18.2 Å². The first-order chi connectivity index (χ1) is 12.8. The van der Waals surface area contributed by atoms with Crippen LogP contribution in [0.5, 0.6) is 5.75 Å². The van der Waals surface area contributed by atoms with Gasteiger partial charge in [-0.3, -0.25) is 10.1 Å². The Labute approximate surface area is 163 Å². The Morgan fingerprint density at radius 1 is 1.19 bits per heavy atom. The molecule has 0 aliphatic heterocycles. The fourth-order valence-electron chi connectivity index (χ4n) is 2.93. The van der Waals surface area contributed by atoms with Gasteiger partial charge in [0.2, 0.25) is 0 Å². The molecule has 0 bridgehead atoms. The number of hydrogen-bond acceptors (Lipinski definition) is 5. The van der Waals surface area contributed by atoms with Crippen LogP contribution in [0.4, 0.5) is 4.79 Å². The van der Waals surface area contributed by atoms with E-state index in [9.17, 15) is 14.4 Å². The highest BCUT2D eigenvalue weighted by molar-refractivity contribution is 6.31. The first-order valence-corrected chi connectivity index (χ1v) is 9.38. The Kier molecular flexibility index (Phi) is 7.91. The number of nitrogens with one attached hydrogen (secondary N) is 2. The van der Waals surface area contributed by atoms with Crippen molar-refractivity contribution in [3.05, 3.63) is 28.8 Å². The van der Waals surface area contributed by atoms with Crippen LogP contribution in [0.25, 0.3) is 0 Å². The Bertz CT molecular complexity index is 695. The molecule has 2 rings (SSSR count). The molecule has 0 unspecified atom stereocenters. The van der Waals surface area contributed by atoms with Crippen molar-refractivity contribution in [3.8, 4) is 5.75 Å². The van der Waals surface area contributed by atoms with Gasteiger partial charge in [-0.15, -0.1) is 0 Å². The molecule has 2 N–H and O–H groups in total. The third-order valence-electron chi connectivity index (χ3n) is 4.53. The number of carbonyl (C=O) groups excluding carboxylic acids is 3. The quantitative estimate of drug-likeness (QED) is 0.721. The lowest BCUT2D eigenvalue weighted by Crippen LogP contribution is -2.48. The van der Waals surface area contributed by atoms with E-state index >= 15 is 0 Å². The zero-order valence-corrected chi connectivity index (χ0v) is 16.3. The van der Waals surface area contributed by atoms with Gasteiger partial charge in [-0.2, -0.15) is 0 Å². The lowest BCUT2D eigenvalue weighted by atomic mass is 9.86. The number of urea groups is 1. The summed E-state index contributed by atoms with van der Waals surface area (Å²) in [6.45, 7) is 3.00. The van der Waals surface area contributed by atoms with E-state index in [1.165, 1.54) is 0 Å². The standard InChI is InChI=1S/C19H25ClN2O5/c1-12-5-3-4-6-16(12)21-19(25)22-17(23)10-27-18(24)11-26-14-7-8-15(20)13(2)9-14/h7-9,12,16H,3-6,10-11H2,1-2H3,(H2,21,22,23,25)/t12-,16+/m0/s1. The fourth-order valence-corrected chi connectivity index (χ4v) is 3.05. The fraction of sp³-hybridized carbons (Fsp3) is 0.526. The molecule has 0 saturated heterocycles. The van der Waals surface area contributed by atoms with Crippen molar-refractivity contribution >= 4 is 29.5 Å². The molecule has 0 heterocycles. The predicted octanol–water partition coefficient (Wildman–Crippen LogP) is 2.97. The van der Waals surface area contributed by atoms with Gasteiger partial charge in [-0.25, -0.2) is 9.59 Å². The van der Waals surface area contributed by atoms with Crippen molar-refractivity contribution in [2.45, 2.75) is 45.6 Å². The maximum absolute atomic E-state index is 11.9. The minimum Gasteiger partial charge on any atom is -0.482 e. The molecule has 27 heavy (non-hydrogen) atoms. The molecule has 1 fully saturated rings. The number of esters is 1. The second-order valence-electron chi connectivity index (χ2n) is 6.75. The average molecular weight is 397 g/mol. The summed E-state index contributed by atoms with van der Waals surface area (Å²) in [7, 11) is 0. The van der Waals surface area contributed by atoms with Crippen LogP contribution in [-0.2, 0) is 14.3 Å². The Morgan fingerprint density at radius 3 is 2.63 bits per heavy atom. The van der Waals surface area contributed by atoms with Crippen molar-refractivity contribution in [2.24, 2.45) is 5.92 Å². The summed E-state index contributed by atoms with van der Waals surface area (Å²) in [5.74, 6) is -0.545. The Hall–Kier alpha value is -2.28. The molecule has 7 nitrogen and oxygen atoms in total. The van der Waals surface area contributed by atoms with E-state index in [0.29, 0.717) is 16.7 Å². The number of carbonyl (C=O) groups is 3. The smallest absolute Gasteiger partial charge is 0.344 e. The zero-order valence-electron chi connectivity index (χ0n) is 15.5. The monoisotopic (exact) mass is 396 g/mol. The first-order valence-electron chi connectivity index (χ1n) is 9.00. The molecule has 0 radical (unpaired) electrons. The highest BCUT2D eigenvalue weighted by atomic mass is 35.5. The lowest BCUT2D eigenvalue weighted by molar-refractivity contribution is -0.150. The summed E-state index contributed by atoms with van der Waals surface area (Å²) >= 11 is 5.91. The van der Waals surface area contributed by atoms with E-state index in [1.54, 1.807) is 18.2 Å². The largest absolute Gasteiger partial charge is 0.482 e. The van der Waals surface area contributed by atoms with Crippen molar-refractivity contribution in [1.29, 1.82) is 0 Å². The molecular weight excluding hydrogens is 372 g/mol. The van der Waals surface area contributed by atoms with Crippen molar-refractivity contribution in [2.75, 3.05) is 13.2 Å². The summed E-state index contributed by atoms with van der Waals surface area (Å²) in [6, 6.07) is 4.48. The van der Waals surface area contributed by atoms with E-state index in [4.69, 9.17) is 21.1 Å². The number of ether oxygens (including phenoxy) is 2. The van der Waals surface area contributed by atoms with Gasteiger partial charge in [-0.1, -0.05) is 31.4 Å². The van der Waals surface area contributed by atoms with Crippen LogP contribution >= 0.6 is 11.6 Å². The summed E-state index contributed by atoms with van der Waals surface area (Å²) in [5, 5.41) is 5.57. The number of hydrogen-bond donors (Lipinski definition) is 2. The van der Waals surface area contributed by atoms with E-state index in [-0.39, 0.29) is 12.6 Å². The van der Waals surface area contributed by atoms with Gasteiger partial charge < -0.3 is 14.8 Å². The number of rotatable bonds is 6. The second-order valence-corrected chi connectivity index (χ2v) is 7.16. The third kappa shape index (κ3) is 7.09. The minimum atomic E-state index is -0.709. The molecular formula is C19H25ClN2O5. The van der Waals surface area contributed by atoms with Gasteiger partial charge in [0.15, 0.2) is 13.2 Å². The van der Waals surface area contributed by atoms with E-state index in [0.717, 1.165) is 31.2 Å². The average Bonchev–Trinajstić information content (AvgIpc) is 2.63. The van der Waals surface area contributed by atoms with E-state index < -0.39 is 24.5 Å². The van der Waals surface area contributed by atoms with E-state index in [2.05, 4.69) is 17.6 Å². The maximum atomic E-state index is 11.9. The number of imide groups is 1. The molecule has 1 aliphatic carbocycles. The highest BCUT2D eigenvalue weighted by Gasteiger charge is 2.23. The lowest BCUT2D eigenvalue weighted by Gasteiger charge is -2.29. The molecule has 8 heteroatoms. The molecule has 0 aromatic heterocycles. The van der Waals surface area contributed by atoms with E-state index in [1.807, 2.05) is 6.92 Å². The van der Waals surface area contributed by atoms with Gasteiger partial charge in [0.05, 0.1) is 0 Å². The van der Waals surface area contributed by atoms with Gasteiger partial charge in [0.1, 0.15) is 5.75 Å². The van der Waals surface area contributed by atoms with Crippen molar-refractivity contribution in [1.82, 2.24) is 10.6 Å². The van der Waals surface area contributed by atoms with Crippen LogP contribution in [-0.4, -0.2) is 37.2 Å². The molecule has 0 spiro atoms. The van der Waals surface area contributed by atoms with Crippen LogP contribution in [0, 0.1) is 12.8 Å². The van der Waals surface area contributed by atoms with Crippen LogP contribution in [0.3, 0.4) is 0 Å². The van der Waals surface area contributed by atoms with Crippen molar-refractivity contribution < 1.29 is 23.9 Å². The number of aryl methyl sites for hydroxylation is 1. The number of benzene rings is 1. The van der Waals surface area contributed by atoms with Gasteiger partial charge >= 0.3 is 12.0 Å². The number of halogens is 1. The Morgan fingerprint density at radius 2 is 1.93 bits per heavy atom. The molecule has 148 valence electrons. The molecule has 2 atom stereocenters. The van der Waals surface area contributed by atoms with Gasteiger partial charge in [0.25, 0.3) is 5.91 Å². The molecule has 1 aromatic rings. The van der Waals surface area contributed by atoms with Crippen molar-refractivity contribution in [3.63, 3.8) is 0 Å². The second kappa shape index (κ2) is 10.2. The van der Waals surface area contributed by atoms with Gasteiger partial charge in [-0.05, 0) is 49.4 Å². The zero-order chi connectivity index (χ0) is 19.8. The van der Waals surface area contributed by atoms with Crippen LogP contribution < -0.4 is 15.4 Å². The molecule has 1 aromatic carbocycles. The molecule has 1 saturated carbocycles. The normalized spacial score (nSPS) is 19.1. The number of amides is 3. The first kappa shape index (κ1) is 21.0. The SMILES string of the molecule is Cc1cc(OCC(=O)OCC(=O)NC(=O)N[C@@H]2CCCC[C@@H]2C)ccc1Cl. The third-order valence-corrected chi connectivity index (χ3v) is 4.96. The molecule has 1 aliphatic rings. The highest BCUT2D eigenvalue weighted by Crippen LogP contribution is 2.23. The summed E-state index contributed by atoms with van der Waals surface area (Å²) in [6.07, 6.45) is 4.18. The minimum absolute atomic E-state index is 0.0605. The van der Waals surface area contributed by atoms with Crippen LogP contribution in [0.1, 0.15) is 38.2 Å². The molecule has 3 amide bonds. The van der Waals surface area contributed by atoms with Gasteiger partial charge in [0, 0.05) is 11.1 Å². The topological polar surface area (TPSA) is 93.7 Å². The summed E-state index contributed by atoms with van der Waals surface area (Å²) in [4.78, 5) is 35.3. The summed E-state index contributed by atoms with van der Waals surface area (Å²) < 4.78 is 10.1.